The van der Waals surface area contributed by atoms with Crippen LogP contribution in [-0.2, 0) is 4.79 Å². The Labute approximate surface area is 115 Å². The van der Waals surface area contributed by atoms with E-state index < -0.39 is 11.0 Å². The van der Waals surface area contributed by atoms with Crippen molar-refractivity contribution in [3.05, 3.63) is 21.1 Å². The topological polar surface area (TPSA) is 86.9 Å². The number of aliphatic hydroxyl groups excluding tert-OH is 1. The molecule has 0 radical (unpaired) electrons. The lowest BCUT2D eigenvalue weighted by Gasteiger charge is -2.18. The van der Waals surface area contributed by atoms with Crippen molar-refractivity contribution in [1.82, 2.24) is 4.90 Å². The second-order valence-electron chi connectivity index (χ2n) is 4.42. The van der Waals surface area contributed by atoms with Crippen LogP contribution in [0.3, 0.4) is 0 Å². The van der Waals surface area contributed by atoms with E-state index in [1.165, 1.54) is 15.9 Å². The standard InChI is InChI=1S/C11H17N3O4S/c1-7(15)9-5-8(14(17)18)11(19-9)13(4)6-10(16)12(2)3/h5,7,15H,6H2,1-4H3/t7-/m0/s1. The van der Waals surface area contributed by atoms with Crippen LogP contribution >= 0.6 is 11.3 Å². The predicted octanol–water partition coefficient (Wildman–Crippen LogP) is 1.23. The second-order valence-corrected chi connectivity index (χ2v) is 5.48. The first kappa shape index (κ1) is 15.4. The van der Waals surface area contributed by atoms with E-state index in [-0.39, 0.29) is 18.1 Å². The molecule has 0 bridgehead atoms. The van der Waals surface area contributed by atoms with Crippen molar-refractivity contribution >= 4 is 27.9 Å². The highest BCUT2D eigenvalue weighted by molar-refractivity contribution is 7.16. The summed E-state index contributed by atoms with van der Waals surface area (Å²) in [5.74, 6) is -0.149. The third kappa shape index (κ3) is 3.65. The van der Waals surface area contributed by atoms with Crippen LogP contribution in [0, 0.1) is 10.1 Å². The number of nitro groups is 1. The summed E-state index contributed by atoms with van der Waals surface area (Å²) < 4.78 is 0. The van der Waals surface area contributed by atoms with Gasteiger partial charge in [-0.3, -0.25) is 14.9 Å². The molecule has 8 heteroatoms. The Balaban J connectivity index is 3.04. The Morgan fingerprint density at radius 3 is 2.53 bits per heavy atom. The number of thiophene rings is 1. The molecule has 19 heavy (non-hydrogen) atoms. The van der Waals surface area contributed by atoms with Crippen molar-refractivity contribution in [1.29, 1.82) is 0 Å². The third-order valence-corrected chi connectivity index (χ3v) is 3.95. The van der Waals surface area contributed by atoms with Crippen molar-refractivity contribution in [2.24, 2.45) is 0 Å². The molecule has 0 aliphatic heterocycles. The van der Waals surface area contributed by atoms with Gasteiger partial charge in [0.25, 0.3) is 0 Å². The number of hydrogen-bond acceptors (Lipinski definition) is 6. The van der Waals surface area contributed by atoms with Gasteiger partial charge in [0.05, 0.1) is 17.6 Å². The third-order valence-electron chi connectivity index (χ3n) is 2.54. The van der Waals surface area contributed by atoms with Gasteiger partial charge in [0.2, 0.25) is 5.91 Å². The summed E-state index contributed by atoms with van der Waals surface area (Å²) in [6, 6.07) is 1.35. The van der Waals surface area contributed by atoms with Crippen molar-refractivity contribution in [2.45, 2.75) is 13.0 Å². The minimum absolute atomic E-state index is 0.0492. The maximum absolute atomic E-state index is 11.6. The number of carbonyl (C=O) groups is 1. The Hall–Kier alpha value is -1.67. The largest absolute Gasteiger partial charge is 0.388 e. The summed E-state index contributed by atoms with van der Waals surface area (Å²) in [5, 5.41) is 20.9. The van der Waals surface area contributed by atoms with Crippen LogP contribution in [0.5, 0.6) is 0 Å². The second kappa shape index (κ2) is 5.98. The summed E-state index contributed by atoms with van der Waals surface area (Å²) >= 11 is 1.12. The van der Waals surface area contributed by atoms with Crippen molar-refractivity contribution in [3.8, 4) is 0 Å². The van der Waals surface area contributed by atoms with E-state index in [0.717, 1.165) is 11.3 Å². The molecule has 1 heterocycles. The van der Waals surface area contributed by atoms with E-state index in [4.69, 9.17) is 0 Å². The monoisotopic (exact) mass is 287 g/mol. The van der Waals surface area contributed by atoms with Gasteiger partial charge in [0.15, 0.2) is 5.00 Å². The summed E-state index contributed by atoms with van der Waals surface area (Å²) in [6.07, 6.45) is -0.768. The van der Waals surface area contributed by atoms with E-state index in [1.54, 1.807) is 28.1 Å². The molecule has 0 aliphatic rings. The van der Waals surface area contributed by atoms with Gasteiger partial charge in [-0.25, -0.2) is 0 Å². The van der Waals surface area contributed by atoms with Crippen molar-refractivity contribution in [3.63, 3.8) is 0 Å². The van der Waals surface area contributed by atoms with Crippen LogP contribution in [0.2, 0.25) is 0 Å². The lowest BCUT2D eigenvalue weighted by Crippen LogP contribution is -2.34. The van der Waals surface area contributed by atoms with Crippen LogP contribution in [0.1, 0.15) is 17.9 Å². The molecule has 0 unspecified atom stereocenters. The zero-order valence-corrected chi connectivity index (χ0v) is 12.1. The molecular weight excluding hydrogens is 270 g/mol. The van der Waals surface area contributed by atoms with Gasteiger partial charge in [-0.2, -0.15) is 0 Å². The highest BCUT2D eigenvalue weighted by atomic mass is 32.1. The molecule has 1 N–H and O–H groups in total. The molecule has 0 spiro atoms. The predicted molar refractivity (Wildman–Crippen MR) is 73.6 cm³/mol. The van der Waals surface area contributed by atoms with Crippen LogP contribution in [-0.4, -0.2) is 48.5 Å². The van der Waals surface area contributed by atoms with Gasteiger partial charge in [0.1, 0.15) is 0 Å². The number of aliphatic hydroxyl groups is 1. The molecule has 0 saturated heterocycles. The lowest BCUT2D eigenvalue weighted by atomic mass is 10.3. The maximum Gasteiger partial charge on any atom is 0.304 e. The molecule has 106 valence electrons. The van der Waals surface area contributed by atoms with Crippen molar-refractivity contribution in [2.75, 3.05) is 32.6 Å². The minimum Gasteiger partial charge on any atom is -0.388 e. The SMILES string of the molecule is C[C@H](O)c1cc([N+](=O)[O-])c(N(C)CC(=O)N(C)C)s1. The maximum atomic E-state index is 11.6. The average Bonchev–Trinajstić information content (AvgIpc) is 2.73. The molecule has 1 aromatic heterocycles. The number of rotatable bonds is 5. The lowest BCUT2D eigenvalue weighted by molar-refractivity contribution is -0.383. The van der Waals surface area contributed by atoms with E-state index in [2.05, 4.69) is 0 Å². The highest BCUT2D eigenvalue weighted by Gasteiger charge is 2.25. The smallest absolute Gasteiger partial charge is 0.304 e. The fourth-order valence-corrected chi connectivity index (χ4v) is 2.44. The molecule has 1 amide bonds. The number of hydrogen-bond donors (Lipinski definition) is 1. The fraction of sp³-hybridized carbons (Fsp3) is 0.545. The van der Waals surface area contributed by atoms with Gasteiger partial charge in [0, 0.05) is 32.1 Å². The number of nitrogens with zero attached hydrogens (tertiary/aromatic N) is 3. The summed E-state index contributed by atoms with van der Waals surface area (Å²) in [7, 11) is 4.87. The minimum atomic E-state index is -0.768. The van der Waals surface area contributed by atoms with E-state index in [9.17, 15) is 20.0 Å². The first-order chi connectivity index (χ1) is 8.73. The van der Waals surface area contributed by atoms with Crippen molar-refractivity contribution < 1.29 is 14.8 Å². The van der Waals surface area contributed by atoms with Gasteiger partial charge < -0.3 is 14.9 Å². The number of amides is 1. The fourth-order valence-electron chi connectivity index (χ4n) is 1.42. The van der Waals surface area contributed by atoms with E-state index in [1.807, 2.05) is 0 Å². The van der Waals surface area contributed by atoms with Crippen LogP contribution in [0.4, 0.5) is 10.7 Å². The van der Waals surface area contributed by atoms with Crippen LogP contribution < -0.4 is 4.90 Å². The first-order valence-electron chi connectivity index (χ1n) is 5.61. The molecule has 0 aliphatic carbocycles. The van der Waals surface area contributed by atoms with Gasteiger partial charge in [-0.05, 0) is 6.92 Å². The normalized spacial score (nSPS) is 12.1. The van der Waals surface area contributed by atoms with Gasteiger partial charge >= 0.3 is 5.69 Å². The Bertz CT molecular complexity index is 484. The first-order valence-corrected chi connectivity index (χ1v) is 6.43. The van der Waals surface area contributed by atoms with Gasteiger partial charge in [-0.15, -0.1) is 11.3 Å². The Kier molecular flexibility index (Phi) is 4.84. The van der Waals surface area contributed by atoms with E-state index >= 15 is 0 Å². The molecule has 0 fully saturated rings. The molecule has 0 aromatic carbocycles. The Morgan fingerprint density at radius 2 is 2.11 bits per heavy atom. The molecule has 1 rings (SSSR count). The Morgan fingerprint density at radius 1 is 1.53 bits per heavy atom. The molecular formula is C11H17N3O4S. The zero-order chi connectivity index (χ0) is 14.7. The average molecular weight is 287 g/mol. The summed E-state index contributed by atoms with van der Waals surface area (Å²) in [6.45, 7) is 1.60. The zero-order valence-electron chi connectivity index (χ0n) is 11.3. The van der Waals surface area contributed by atoms with Gasteiger partial charge in [-0.1, -0.05) is 0 Å². The molecule has 1 atom stereocenters. The van der Waals surface area contributed by atoms with Crippen LogP contribution in [0.15, 0.2) is 6.07 Å². The summed E-state index contributed by atoms with van der Waals surface area (Å²) in [4.78, 5) is 25.6. The van der Waals surface area contributed by atoms with E-state index in [0.29, 0.717) is 9.88 Å². The molecule has 7 nitrogen and oxygen atoms in total. The molecule has 1 aromatic rings. The summed E-state index contributed by atoms with van der Waals surface area (Å²) in [5.41, 5.74) is -0.0880. The molecule has 0 saturated carbocycles. The highest BCUT2D eigenvalue weighted by Crippen LogP contribution is 2.39. The van der Waals surface area contributed by atoms with Crippen LogP contribution in [0.25, 0.3) is 0 Å². The number of carbonyl (C=O) groups excluding carboxylic acids is 1. The number of likely N-dealkylation sites (N-methyl/N-ethyl adjacent to an activating group) is 2. The quantitative estimate of drug-likeness (QED) is 0.650. The number of anilines is 1.